The Morgan fingerprint density at radius 3 is 2.89 bits per heavy atom. The number of benzene rings is 1. The maximum Gasteiger partial charge on any atom is 0.253 e. The van der Waals surface area contributed by atoms with Crippen LogP contribution in [0.4, 0.5) is 5.69 Å². The first kappa shape index (κ1) is 12.9. The Kier molecular flexibility index (Phi) is 3.87. The van der Waals surface area contributed by atoms with Gasteiger partial charge in [0.2, 0.25) is 0 Å². The van der Waals surface area contributed by atoms with Crippen LogP contribution in [0.1, 0.15) is 16.8 Å². The molecule has 1 saturated heterocycles. The van der Waals surface area contributed by atoms with Gasteiger partial charge < -0.3 is 15.1 Å². The van der Waals surface area contributed by atoms with Crippen molar-refractivity contribution in [1.82, 2.24) is 9.80 Å². The summed E-state index contributed by atoms with van der Waals surface area (Å²) in [6.07, 6.45) is 1.06. The number of rotatable bonds is 3. The average Bonchev–Trinajstić information content (AvgIpc) is 2.83. The van der Waals surface area contributed by atoms with Crippen LogP contribution in [-0.2, 0) is 0 Å². The SMILES string of the molecule is CNc1cccc(C(=O)N(C)C2CCN(C)C2)c1. The number of likely N-dealkylation sites (N-methyl/N-ethyl adjacent to an activating group) is 2. The van der Waals surface area contributed by atoms with Gasteiger partial charge in [-0.15, -0.1) is 0 Å². The van der Waals surface area contributed by atoms with Gasteiger partial charge in [-0.1, -0.05) is 6.07 Å². The van der Waals surface area contributed by atoms with Crippen molar-refractivity contribution in [2.45, 2.75) is 12.5 Å². The highest BCUT2D eigenvalue weighted by atomic mass is 16.2. The Labute approximate surface area is 109 Å². The number of nitrogens with zero attached hydrogens (tertiary/aromatic N) is 2. The highest BCUT2D eigenvalue weighted by Gasteiger charge is 2.26. The van der Waals surface area contributed by atoms with Crippen molar-refractivity contribution in [3.05, 3.63) is 29.8 Å². The minimum Gasteiger partial charge on any atom is -0.388 e. The molecule has 4 heteroatoms. The van der Waals surface area contributed by atoms with Crippen LogP contribution in [0.2, 0.25) is 0 Å². The molecule has 1 fully saturated rings. The minimum absolute atomic E-state index is 0.104. The average molecular weight is 247 g/mol. The molecule has 1 aliphatic rings. The van der Waals surface area contributed by atoms with Crippen LogP contribution in [0.15, 0.2) is 24.3 Å². The molecular formula is C14H21N3O. The van der Waals surface area contributed by atoms with Gasteiger partial charge in [0.05, 0.1) is 0 Å². The third kappa shape index (κ3) is 2.64. The number of nitrogens with one attached hydrogen (secondary N) is 1. The van der Waals surface area contributed by atoms with Crippen molar-refractivity contribution < 1.29 is 4.79 Å². The van der Waals surface area contributed by atoms with E-state index < -0.39 is 0 Å². The van der Waals surface area contributed by atoms with Crippen LogP contribution < -0.4 is 5.32 Å². The molecule has 0 bridgehead atoms. The van der Waals surface area contributed by atoms with Gasteiger partial charge in [-0.25, -0.2) is 0 Å². The zero-order valence-electron chi connectivity index (χ0n) is 11.3. The Bertz CT molecular complexity index is 433. The van der Waals surface area contributed by atoms with Crippen molar-refractivity contribution in [1.29, 1.82) is 0 Å². The van der Waals surface area contributed by atoms with Gasteiger partial charge in [0.25, 0.3) is 5.91 Å². The molecule has 1 N–H and O–H groups in total. The van der Waals surface area contributed by atoms with Crippen molar-refractivity contribution in [2.24, 2.45) is 0 Å². The molecule has 98 valence electrons. The fraction of sp³-hybridized carbons (Fsp3) is 0.500. The number of carbonyl (C=O) groups is 1. The summed E-state index contributed by atoms with van der Waals surface area (Å²) in [7, 11) is 5.86. The van der Waals surface area contributed by atoms with Gasteiger partial charge in [-0.2, -0.15) is 0 Å². The molecule has 18 heavy (non-hydrogen) atoms. The monoisotopic (exact) mass is 247 g/mol. The first-order chi connectivity index (χ1) is 8.61. The van der Waals surface area contributed by atoms with E-state index in [4.69, 9.17) is 0 Å². The van der Waals surface area contributed by atoms with Crippen LogP contribution in [0, 0.1) is 0 Å². The fourth-order valence-electron chi connectivity index (χ4n) is 2.41. The van der Waals surface area contributed by atoms with Crippen molar-refractivity contribution in [3.63, 3.8) is 0 Å². The normalized spacial score (nSPS) is 19.8. The van der Waals surface area contributed by atoms with Crippen LogP contribution in [0.5, 0.6) is 0 Å². The number of anilines is 1. The largest absolute Gasteiger partial charge is 0.388 e. The molecular weight excluding hydrogens is 226 g/mol. The molecule has 1 aromatic carbocycles. The Hall–Kier alpha value is -1.55. The van der Waals surface area contributed by atoms with E-state index in [1.54, 1.807) is 0 Å². The summed E-state index contributed by atoms with van der Waals surface area (Å²) in [6, 6.07) is 7.98. The summed E-state index contributed by atoms with van der Waals surface area (Å²) >= 11 is 0. The Morgan fingerprint density at radius 1 is 1.50 bits per heavy atom. The smallest absolute Gasteiger partial charge is 0.253 e. The summed E-state index contributed by atoms with van der Waals surface area (Å²) in [5, 5.41) is 3.06. The molecule has 1 aromatic rings. The van der Waals surface area contributed by atoms with E-state index in [0.717, 1.165) is 30.8 Å². The molecule has 0 saturated carbocycles. The second-order valence-electron chi connectivity index (χ2n) is 4.95. The maximum absolute atomic E-state index is 12.4. The molecule has 0 aromatic heterocycles. The van der Waals surface area contributed by atoms with Crippen molar-refractivity contribution >= 4 is 11.6 Å². The van der Waals surface area contributed by atoms with E-state index in [1.807, 2.05) is 43.3 Å². The summed E-state index contributed by atoms with van der Waals surface area (Å²) in [6.45, 7) is 2.03. The molecule has 4 nitrogen and oxygen atoms in total. The van der Waals surface area contributed by atoms with Gasteiger partial charge in [0.1, 0.15) is 0 Å². The molecule has 1 atom stereocenters. The third-order valence-electron chi connectivity index (χ3n) is 3.63. The predicted molar refractivity (Wildman–Crippen MR) is 74.0 cm³/mol. The highest BCUT2D eigenvalue weighted by Crippen LogP contribution is 2.17. The van der Waals surface area contributed by atoms with Crippen LogP contribution >= 0.6 is 0 Å². The summed E-state index contributed by atoms with van der Waals surface area (Å²) in [5.41, 5.74) is 1.72. The molecule has 0 aliphatic carbocycles. The molecule has 0 spiro atoms. The zero-order valence-corrected chi connectivity index (χ0v) is 11.3. The lowest BCUT2D eigenvalue weighted by molar-refractivity contribution is 0.0737. The van der Waals surface area contributed by atoms with Gasteiger partial charge in [0.15, 0.2) is 0 Å². The van der Waals surface area contributed by atoms with Crippen LogP contribution in [0.25, 0.3) is 0 Å². The second kappa shape index (κ2) is 5.40. The molecule has 1 aliphatic heterocycles. The predicted octanol–water partition coefficient (Wildman–Crippen LogP) is 1.50. The molecule has 1 amide bonds. The number of likely N-dealkylation sites (tertiary alicyclic amines) is 1. The van der Waals surface area contributed by atoms with E-state index in [1.165, 1.54) is 0 Å². The van der Waals surface area contributed by atoms with Crippen LogP contribution in [-0.4, -0.2) is 56.0 Å². The number of hydrogen-bond acceptors (Lipinski definition) is 3. The summed E-state index contributed by atoms with van der Waals surface area (Å²) < 4.78 is 0. The lowest BCUT2D eigenvalue weighted by Crippen LogP contribution is -2.38. The lowest BCUT2D eigenvalue weighted by Gasteiger charge is -2.24. The molecule has 0 radical (unpaired) electrons. The molecule has 2 rings (SSSR count). The zero-order chi connectivity index (χ0) is 13.1. The van der Waals surface area contributed by atoms with Gasteiger partial charge in [-0.05, 0) is 38.2 Å². The summed E-state index contributed by atoms with van der Waals surface area (Å²) in [4.78, 5) is 16.5. The van der Waals surface area contributed by atoms with E-state index in [2.05, 4.69) is 17.3 Å². The first-order valence-corrected chi connectivity index (χ1v) is 6.35. The Balaban J connectivity index is 2.10. The number of amides is 1. The molecule has 1 unspecified atom stereocenters. The van der Waals surface area contributed by atoms with Gasteiger partial charge >= 0.3 is 0 Å². The highest BCUT2D eigenvalue weighted by molar-refractivity contribution is 5.95. The van der Waals surface area contributed by atoms with Crippen molar-refractivity contribution in [2.75, 3.05) is 39.5 Å². The van der Waals surface area contributed by atoms with E-state index in [9.17, 15) is 4.79 Å². The quantitative estimate of drug-likeness (QED) is 0.879. The number of hydrogen-bond donors (Lipinski definition) is 1. The molecule has 1 heterocycles. The standard InChI is InChI=1S/C14H21N3O/c1-15-12-6-4-5-11(9-12)14(18)17(3)13-7-8-16(2)10-13/h4-6,9,13,15H,7-8,10H2,1-3H3. The number of carbonyl (C=O) groups excluding carboxylic acids is 1. The topological polar surface area (TPSA) is 35.6 Å². The van der Waals surface area contributed by atoms with Gasteiger partial charge in [-0.3, -0.25) is 4.79 Å². The fourth-order valence-corrected chi connectivity index (χ4v) is 2.41. The van der Waals surface area contributed by atoms with Crippen molar-refractivity contribution in [3.8, 4) is 0 Å². The van der Waals surface area contributed by atoms with Gasteiger partial charge in [0, 0.05) is 37.9 Å². The first-order valence-electron chi connectivity index (χ1n) is 6.35. The third-order valence-corrected chi connectivity index (χ3v) is 3.63. The summed E-state index contributed by atoms with van der Waals surface area (Å²) in [5.74, 6) is 0.104. The van der Waals surface area contributed by atoms with E-state index >= 15 is 0 Å². The minimum atomic E-state index is 0.104. The Morgan fingerprint density at radius 2 is 2.28 bits per heavy atom. The van der Waals surface area contributed by atoms with E-state index in [-0.39, 0.29) is 5.91 Å². The lowest BCUT2D eigenvalue weighted by atomic mass is 10.1. The van der Waals surface area contributed by atoms with Crippen LogP contribution in [0.3, 0.4) is 0 Å². The second-order valence-corrected chi connectivity index (χ2v) is 4.95. The van der Waals surface area contributed by atoms with E-state index in [0.29, 0.717) is 6.04 Å². The maximum atomic E-state index is 12.4.